The monoisotopic (exact) mass is 278 g/mol. The standard InChI is InChI=1S/C11H10N4OS2/c1-6-8(11(12-2)18-15-6)10-13-9(14-16-10)7-4-3-5-17-7/h3-5,12H,1-2H3. The summed E-state index contributed by atoms with van der Waals surface area (Å²) in [7, 11) is 1.85. The SMILES string of the molecule is CNc1snc(C)c1-c1nc(-c2cccs2)no1. The lowest BCUT2D eigenvalue weighted by atomic mass is 10.2. The fourth-order valence-corrected chi connectivity index (χ4v) is 3.01. The Kier molecular flexibility index (Phi) is 2.85. The third-order valence-corrected chi connectivity index (χ3v) is 4.29. The molecule has 0 spiro atoms. The van der Waals surface area contributed by atoms with Crippen LogP contribution >= 0.6 is 22.9 Å². The summed E-state index contributed by atoms with van der Waals surface area (Å²) in [6.07, 6.45) is 0. The first-order valence-electron chi connectivity index (χ1n) is 5.31. The van der Waals surface area contributed by atoms with Crippen LogP contribution in [0.4, 0.5) is 5.00 Å². The molecule has 18 heavy (non-hydrogen) atoms. The lowest BCUT2D eigenvalue weighted by molar-refractivity contribution is 0.432. The molecule has 0 atom stereocenters. The molecule has 3 aromatic heterocycles. The van der Waals surface area contributed by atoms with Crippen LogP contribution in [0.5, 0.6) is 0 Å². The highest BCUT2D eigenvalue weighted by atomic mass is 32.1. The van der Waals surface area contributed by atoms with E-state index in [1.54, 1.807) is 11.3 Å². The molecule has 0 aliphatic carbocycles. The third-order valence-electron chi connectivity index (χ3n) is 2.47. The van der Waals surface area contributed by atoms with Crippen LogP contribution in [0.25, 0.3) is 22.2 Å². The van der Waals surface area contributed by atoms with E-state index in [0.29, 0.717) is 11.7 Å². The first kappa shape index (κ1) is 11.4. The summed E-state index contributed by atoms with van der Waals surface area (Å²) < 4.78 is 9.62. The fourth-order valence-electron chi connectivity index (χ4n) is 1.62. The molecule has 7 heteroatoms. The number of anilines is 1. The predicted octanol–water partition coefficient (Wildman–Crippen LogP) is 3.27. The van der Waals surface area contributed by atoms with Gasteiger partial charge in [0.2, 0.25) is 5.82 Å². The van der Waals surface area contributed by atoms with Crippen LogP contribution in [0.1, 0.15) is 5.69 Å². The molecule has 5 nitrogen and oxygen atoms in total. The van der Waals surface area contributed by atoms with E-state index < -0.39 is 0 Å². The second kappa shape index (κ2) is 4.51. The summed E-state index contributed by atoms with van der Waals surface area (Å²) >= 11 is 2.98. The van der Waals surface area contributed by atoms with Crippen LogP contribution in [0.3, 0.4) is 0 Å². The van der Waals surface area contributed by atoms with Gasteiger partial charge in [0.15, 0.2) is 0 Å². The zero-order valence-electron chi connectivity index (χ0n) is 9.80. The normalized spacial score (nSPS) is 10.8. The van der Waals surface area contributed by atoms with E-state index >= 15 is 0 Å². The van der Waals surface area contributed by atoms with Crippen molar-refractivity contribution in [3.05, 3.63) is 23.2 Å². The maximum Gasteiger partial charge on any atom is 0.263 e. The van der Waals surface area contributed by atoms with E-state index in [2.05, 4.69) is 19.8 Å². The lowest BCUT2D eigenvalue weighted by Crippen LogP contribution is -1.88. The Balaban J connectivity index is 2.05. The summed E-state index contributed by atoms with van der Waals surface area (Å²) in [6, 6.07) is 3.93. The van der Waals surface area contributed by atoms with Gasteiger partial charge >= 0.3 is 0 Å². The van der Waals surface area contributed by atoms with E-state index in [-0.39, 0.29) is 0 Å². The van der Waals surface area contributed by atoms with Crippen molar-refractivity contribution < 1.29 is 4.52 Å². The van der Waals surface area contributed by atoms with Crippen molar-refractivity contribution >= 4 is 27.9 Å². The van der Waals surface area contributed by atoms with Crippen molar-refractivity contribution in [1.82, 2.24) is 14.5 Å². The minimum atomic E-state index is 0.508. The molecule has 0 amide bonds. The Hall–Kier alpha value is -1.73. The first-order valence-corrected chi connectivity index (χ1v) is 6.97. The second-order valence-corrected chi connectivity index (χ2v) is 5.34. The van der Waals surface area contributed by atoms with Crippen LogP contribution < -0.4 is 5.32 Å². The van der Waals surface area contributed by atoms with E-state index in [4.69, 9.17) is 4.52 Å². The third kappa shape index (κ3) is 1.81. The van der Waals surface area contributed by atoms with Crippen molar-refractivity contribution in [3.63, 3.8) is 0 Å². The molecule has 3 rings (SSSR count). The Morgan fingerprint density at radius 3 is 3.00 bits per heavy atom. The van der Waals surface area contributed by atoms with Gasteiger partial charge in [0.1, 0.15) is 5.00 Å². The van der Waals surface area contributed by atoms with Crippen LogP contribution in [0, 0.1) is 6.92 Å². The molecule has 0 saturated heterocycles. The predicted molar refractivity (Wildman–Crippen MR) is 73.0 cm³/mol. The average molecular weight is 278 g/mol. The number of nitrogens with zero attached hydrogens (tertiary/aromatic N) is 3. The summed E-state index contributed by atoms with van der Waals surface area (Å²) in [5.74, 6) is 1.13. The zero-order valence-corrected chi connectivity index (χ0v) is 11.4. The largest absolute Gasteiger partial charge is 0.378 e. The first-order chi connectivity index (χ1) is 8.79. The number of rotatable bonds is 3. The van der Waals surface area contributed by atoms with Crippen molar-refractivity contribution in [1.29, 1.82) is 0 Å². The second-order valence-electron chi connectivity index (χ2n) is 3.62. The minimum absolute atomic E-state index is 0.508. The number of nitrogens with one attached hydrogen (secondary N) is 1. The Morgan fingerprint density at radius 2 is 2.28 bits per heavy atom. The summed E-state index contributed by atoms with van der Waals surface area (Å²) in [4.78, 5) is 5.42. The molecular weight excluding hydrogens is 268 g/mol. The van der Waals surface area contributed by atoms with Gasteiger partial charge in [-0.2, -0.15) is 9.36 Å². The molecule has 3 heterocycles. The van der Waals surface area contributed by atoms with Crippen LogP contribution in [0.15, 0.2) is 22.0 Å². The van der Waals surface area contributed by atoms with Gasteiger partial charge in [-0.15, -0.1) is 11.3 Å². The molecule has 0 saturated carbocycles. The topological polar surface area (TPSA) is 63.8 Å². The molecule has 0 aliphatic rings. The lowest BCUT2D eigenvalue weighted by Gasteiger charge is -1.96. The van der Waals surface area contributed by atoms with E-state index in [0.717, 1.165) is 21.1 Å². The van der Waals surface area contributed by atoms with Gasteiger partial charge in [-0.05, 0) is 29.9 Å². The van der Waals surface area contributed by atoms with E-state index in [1.807, 2.05) is 31.5 Å². The quantitative estimate of drug-likeness (QED) is 0.796. The number of aromatic nitrogens is 3. The van der Waals surface area contributed by atoms with Crippen LogP contribution in [0.2, 0.25) is 0 Å². The van der Waals surface area contributed by atoms with Gasteiger partial charge in [-0.25, -0.2) is 0 Å². The molecule has 0 fully saturated rings. The molecule has 0 aliphatic heterocycles. The smallest absolute Gasteiger partial charge is 0.263 e. The minimum Gasteiger partial charge on any atom is -0.378 e. The maximum absolute atomic E-state index is 5.33. The summed E-state index contributed by atoms with van der Waals surface area (Å²) in [6.45, 7) is 1.93. The number of hydrogen-bond donors (Lipinski definition) is 1. The molecule has 1 N–H and O–H groups in total. The molecule has 92 valence electrons. The fraction of sp³-hybridized carbons (Fsp3) is 0.182. The Morgan fingerprint density at radius 1 is 1.39 bits per heavy atom. The van der Waals surface area contributed by atoms with E-state index in [1.165, 1.54) is 11.5 Å². The van der Waals surface area contributed by atoms with Crippen LogP contribution in [-0.4, -0.2) is 21.6 Å². The van der Waals surface area contributed by atoms with Gasteiger partial charge in [-0.1, -0.05) is 11.2 Å². The van der Waals surface area contributed by atoms with Gasteiger partial charge in [0.25, 0.3) is 5.89 Å². The zero-order chi connectivity index (χ0) is 12.5. The van der Waals surface area contributed by atoms with Crippen molar-refractivity contribution in [2.24, 2.45) is 0 Å². The van der Waals surface area contributed by atoms with Gasteiger partial charge in [0, 0.05) is 7.05 Å². The van der Waals surface area contributed by atoms with Gasteiger partial charge in [0.05, 0.1) is 16.1 Å². The number of thiophene rings is 1. The Bertz CT molecular complexity index is 656. The number of hydrogen-bond acceptors (Lipinski definition) is 7. The Labute approximate surface area is 112 Å². The van der Waals surface area contributed by atoms with Gasteiger partial charge in [-0.3, -0.25) is 0 Å². The average Bonchev–Trinajstić information content (AvgIpc) is 3.07. The van der Waals surface area contributed by atoms with E-state index in [9.17, 15) is 0 Å². The molecular formula is C11H10N4OS2. The molecule has 0 unspecified atom stereocenters. The van der Waals surface area contributed by atoms with Crippen molar-refractivity contribution in [2.75, 3.05) is 12.4 Å². The highest BCUT2D eigenvalue weighted by Gasteiger charge is 2.19. The molecule has 0 radical (unpaired) electrons. The van der Waals surface area contributed by atoms with Crippen molar-refractivity contribution in [3.8, 4) is 22.2 Å². The molecule has 0 aromatic carbocycles. The molecule has 3 aromatic rings. The number of aryl methyl sites for hydroxylation is 1. The maximum atomic E-state index is 5.33. The summed E-state index contributed by atoms with van der Waals surface area (Å²) in [5.41, 5.74) is 1.78. The van der Waals surface area contributed by atoms with Crippen LogP contribution in [-0.2, 0) is 0 Å². The highest BCUT2D eigenvalue weighted by molar-refractivity contribution is 7.13. The van der Waals surface area contributed by atoms with Gasteiger partial charge < -0.3 is 9.84 Å². The van der Waals surface area contributed by atoms with Crippen molar-refractivity contribution in [2.45, 2.75) is 6.92 Å². The highest BCUT2D eigenvalue weighted by Crippen LogP contribution is 2.34. The summed E-state index contributed by atoms with van der Waals surface area (Å²) in [5, 5.41) is 10.0. The molecule has 0 bridgehead atoms.